The van der Waals surface area contributed by atoms with Gasteiger partial charge in [-0.3, -0.25) is 0 Å². The van der Waals surface area contributed by atoms with Crippen molar-refractivity contribution in [2.24, 2.45) is 0 Å². The molecule has 0 heterocycles. The Bertz CT molecular complexity index is 114. The van der Waals surface area contributed by atoms with Gasteiger partial charge in [0, 0.05) is 0 Å². The molecule has 1 radical (unpaired) electrons. The normalized spacial score (nSPS) is 7.55. The predicted molar refractivity (Wildman–Crippen MR) is 38.5 cm³/mol. The van der Waals surface area contributed by atoms with Crippen molar-refractivity contribution in [1.82, 2.24) is 0 Å². The summed E-state index contributed by atoms with van der Waals surface area (Å²) in [6, 6.07) is 0. The molecule has 0 saturated carbocycles. The van der Waals surface area contributed by atoms with E-state index in [-0.39, 0.29) is 48.6 Å². The molecule has 63 valence electrons. The summed E-state index contributed by atoms with van der Waals surface area (Å²) >= 11 is 1.29. The van der Waals surface area contributed by atoms with Crippen LogP contribution in [0.4, 0.5) is 0 Å². The predicted octanol–water partition coefficient (Wildman–Crippen LogP) is -5.67. The first-order valence-electron chi connectivity index (χ1n) is 1.80. The fourth-order valence-corrected chi connectivity index (χ4v) is 0. The van der Waals surface area contributed by atoms with Gasteiger partial charge in [-0.25, -0.2) is 4.57 Å². The molecule has 0 saturated heterocycles. The maximum absolute atomic E-state index is 8.88. The average molecular weight is 288 g/mol. The largest absolute Gasteiger partial charge is 1.00 e. The average Bonchev–Trinajstić information content (AvgIpc) is 1.61. The van der Waals surface area contributed by atoms with Gasteiger partial charge in [0.1, 0.15) is 0 Å². The standard InChI is InChI=1S/C2H4O.Na.H3O4P.H3Si.Zr.H/c1-2-3;;1-5(2,3)4;;;/h1,3H,2H2;;(H3,1,2,3,4);1H3;;/q;+1;;;;-1. The maximum Gasteiger partial charge on any atom is 1.00 e. The Hall–Kier alpha value is 2.04. The van der Waals surface area contributed by atoms with Crippen molar-refractivity contribution in [3.8, 4) is 0 Å². The molecular weight excluding hydrogens is 277 g/mol. The van der Waals surface area contributed by atoms with Crippen LogP contribution >= 0.6 is 7.82 Å². The fraction of sp³-hybridized carbons (Fsp3) is 0.500. The first-order valence-corrected chi connectivity index (χ1v) is 4.78. The Morgan fingerprint density at radius 3 is 1.55 bits per heavy atom. The van der Waals surface area contributed by atoms with Gasteiger partial charge in [0.15, 0.2) is 0 Å². The summed E-state index contributed by atoms with van der Waals surface area (Å²) in [4.78, 5) is 21.6. The summed E-state index contributed by atoms with van der Waals surface area (Å²) in [5, 5.41) is 7.84. The number of aliphatic hydroxyl groups excluding tert-OH is 1. The number of hydrogen-bond acceptors (Lipinski definition) is 2. The first-order chi connectivity index (χ1) is 3.91. The van der Waals surface area contributed by atoms with Crippen LogP contribution in [0.15, 0.2) is 0 Å². The zero-order valence-corrected chi connectivity index (χ0v) is 13.8. The number of phosphoric acid groups is 1. The second kappa shape index (κ2) is 14.6. The maximum atomic E-state index is 8.88. The van der Waals surface area contributed by atoms with Gasteiger partial charge < -0.3 is 16.1 Å². The molecule has 0 aromatic heterocycles. The van der Waals surface area contributed by atoms with Crippen LogP contribution in [0, 0.1) is 0 Å². The van der Waals surface area contributed by atoms with Crippen molar-refractivity contribution in [2.75, 3.05) is 6.61 Å². The second-order valence-electron chi connectivity index (χ2n) is 0.900. The molecule has 0 atom stereocenters. The summed E-state index contributed by atoms with van der Waals surface area (Å²) in [7, 11) is -4.64. The van der Waals surface area contributed by atoms with Crippen LogP contribution in [-0.4, -0.2) is 41.1 Å². The molecule has 0 aliphatic rings. The molecule has 0 aliphatic heterocycles. The minimum absolute atomic E-state index is 0. The van der Waals surface area contributed by atoms with E-state index in [1.165, 1.54) is 24.2 Å². The molecule has 0 fully saturated rings. The van der Waals surface area contributed by atoms with Crippen LogP contribution < -0.4 is 29.6 Å². The number of rotatable bonds is 1. The molecule has 0 spiro atoms. The molecule has 0 amide bonds. The third-order valence-corrected chi connectivity index (χ3v) is 0.540. The van der Waals surface area contributed by atoms with Gasteiger partial charge in [0.05, 0.1) is 0 Å². The van der Waals surface area contributed by atoms with Crippen LogP contribution in [0.3, 0.4) is 0 Å². The van der Waals surface area contributed by atoms with Gasteiger partial charge in [-0.1, -0.05) is 0 Å². The fourth-order valence-electron chi connectivity index (χ4n) is 0. The smallest absolute Gasteiger partial charge is 1.00 e. The van der Waals surface area contributed by atoms with E-state index < -0.39 is 7.82 Å². The number of hydrogen-bond donors (Lipinski definition) is 4. The van der Waals surface area contributed by atoms with Gasteiger partial charge in [-0.2, -0.15) is 0 Å². The summed E-state index contributed by atoms with van der Waals surface area (Å²) < 4.78 is 10.7. The van der Waals surface area contributed by atoms with E-state index in [4.69, 9.17) is 24.4 Å². The summed E-state index contributed by atoms with van der Waals surface area (Å²) in [6.45, 7) is 0.234. The Morgan fingerprint density at radius 1 is 1.45 bits per heavy atom. The summed E-state index contributed by atoms with van der Waals surface area (Å²) in [5.41, 5.74) is 0. The van der Waals surface area contributed by atoms with Crippen LogP contribution in [0.2, 0.25) is 0 Å². The molecule has 0 unspecified atom stereocenters. The topological polar surface area (TPSA) is 98.0 Å². The molecule has 0 rings (SSSR count). The third-order valence-electron chi connectivity index (χ3n) is 0.0913. The minimum atomic E-state index is -4.64. The molecule has 11 heavy (non-hydrogen) atoms. The SMILES string of the molecule is O=P(O)(O)O.OC[CH]=[Zr].[H-].[Na+].[SiH3]. The number of aliphatic hydroxyl groups is 1. The minimum Gasteiger partial charge on any atom is -1.00 e. The second-order valence-corrected chi connectivity index (χ2v) is 2.93. The van der Waals surface area contributed by atoms with Gasteiger partial charge >= 0.3 is 77.0 Å². The van der Waals surface area contributed by atoms with Crippen molar-refractivity contribution in [1.29, 1.82) is 0 Å². The quantitative estimate of drug-likeness (QED) is 0.285. The molecule has 0 bridgehead atoms. The van der Waals surface area contributed by atoms with Gasteiger partial charge in [0.25, 0.3) is 0 Å². The zero-order valence-electron chi connectivity index (χ0n) is 7.43. The zero-order chi connectivity index (χ0) is 7.91. The third kappa shape index (κ3) is 131. The van der Waals surface area contributed by atoms with E-state index in [1.54, 1.807) is 3.71 Å². The summed E-state index contributed by atoms with van der Waals surface area (Å²) in [6.07, 6.45) is 0. The molecule has 5 nitrogen and oxygen atoms in total. The monoisotopic (exact) mass is 287 g/mol. The van der Waals surface area contributed by atoms with Crippen LogP contribution in [-0.2, 0) is 28.8 Å². The van der Waals surface area contributed by atoms with Crippen LogP contribution in [0.5, 0.6) is 0 Å². The molecule has 4 N–H and O–H groups in total. The van der Waals surface area contributed by atoms with Gasteiger partial charge in [-0.15, -0.1) is 0 Å². The van der Waals surface area contributed by atoms with Crippen molar-refractivity contribution < 1.29 is 79.6 Å². The van der Waals surface area contributed by atoms with Gasteiger partial charge in [0.2, 0.25) is 0 Å². The Labute approximate surface area is 108 Å². The first kappa shape index (κ1) is 23.1. The van der Waals surface area contributed by atoms with E-state index in [0.29, 0.717) is 0 Å². The van der Waals surface area contributed by atoms with E-state index in [9.17, 15) is 0 Å². The Balaban J connectivity index is -0.0000000221. The molecule has 0 aliphatic carbocycles. The van der Waals surface area contributed by atoms with E-state index in [0.717, 1.165) is 0 Å². The van der Waals surface area contributed by atoms with E-state index in [2.05, 4.69) is 0 Å². The van der Waals surface area contributed by atoms with Crippen LogP contribution in [0.25, 0.3) is 0 Å². The Morgan fingerprint density at radius 2 is 1.55 bits per heavy atom. The van der Waals surface area contributed by atoms with Crippen molar-refractivity contribution >= 4 is 22.5 Å². The van der Waals surface area contributed by atoms with Gasteiger partial charge in [-0.05, 0) is 11.0 Å². The van der Waals surface area contributed by atoms with Crippen molar-refractivity contribution in [2.45, 2.75) is 0 Å². The summed E-state index contributed by atoms with van der Waals surface area (Å²) in [5.74, 6) is 0. The Kier molecular flexibility index (Phi) is 30.6. The van der Waals surface area contributed by atoms with Crippen molar-refractivity contribution in [3.63, 3.8) is 0 Å². The van der Waals surface area contributed by atoms with E-state index >= 15 is 0 Å². The molecular formula is C2H11NaO5PSiZr. The van der Waals surface area contributed by atoms with E-state index in [1.807, 2.05) is 0 Å². The molecule has 0 aromatic carbocycles. The van der Waals surface area contributed by atoms with Crippen LogP contribution in [0.1, 0.15) is 1.43 Å². The van der Waals surface area contributed by atoms with Crippen molar-refractivity contribution in [3.05, 3.63) is 0 Å². The molecule has 0 aromatic rings. The molecule has 9 heteroatoms.